The van der Waals surface area contributed by atoms with Crippen molar-refractivity contribution >= 4 is 10.1 Å². The summed E-state index contributed by atoms with van der Waals surface area (Å²) < 4.78 is 42.4. The van der Waals surface area contributed by atoms with Gasteiger partial charge in [-0.2, -0.15) is 0 Å². The Bertz CT molecular complexity index is 297. The average Bonchev–Trinajstić information content (AvgIpc) is 2.29. The van der Waals surface area contributed by atoms with Gasteiger partial charge in [0.25, 0.3) is 0 Å². The molecule has 0 atom stereocenters. The highest BCUT2D eigenvalue weighted by Crippen LogP contribution is 2.06. The van der Waals surface area contributed by atoms with Crippen LogP contribution in [0.15, 0.2) is 0 Å². The summed E-state index contributed by atoms with van der Waals surface area (Å²) in [6, 6.07) is 0. The van der Waals surface area contributed by atoms with Crippen molar-refractivity contribution in [3.8, 4) is 0 Å². The van der Waals surface area contributed by atoms with Gasteiger partial charge in [-0.1, -0.05) is 0 Å². The fourth-order valence-corrected chi connectivity index (χ4v) is 2.29. The van der Waals surface area contributed by atoms with Gasteiger partial charge in [0.2, 0.25) is 0 Å². The SMILES string of the molecule is COCC[N+](C)(CCCCS(=O)(=O)[O-])CCOC. The van der Waals surface area contributed by atoms with E-state index in [0.717, 1.165) is 24.1 Å². The Morgan fingerprint density at radius 1 is 1.00 bits per heavy atom. The predicted molar refractivity (Wildman–Crippen MR) is 68.3 cm³/mol. The number of methoxy groups -OCH3 is 2. The lowest BCUT2D eigenvalue weighted by atomic mass is 10.2. The molecule has 0 heterocycles. The van der Waals surface area contributed by atoms with Crippen LogP contribution in [-0.2, 0) is 19.6 Å². The standard InChI is InChI=1S/C11H25NO5S/c1-12(7-9-16-2,8-10-17-3)6-4-5-11-18(13,14)15/h4-11H2,1-3H3. The van der Waals surface area contributed by atoms with E-state index >= 15 is 0 Å². The molecule has 0 N–H and O–H groups in total. The molecule has 0 amide bonds. The van der Waals surface area contributed by atoms with Crippen LogP contribution in [0.25, 0.3) is 0 Å². The van der Waals surface area contributed by atoms with Crippen LogP contribution in [0.2, 0.25) is 0 Å². The second-order valence-electron chi connectivity index (χ2n) is 4.74. The molecule has 18 heavy (non-hydrogen) atoms. The normalized spacial score (nSPS) is 12.9. The van der Waals surface area contributed by atoms with Crippen molar-refractivity contribution in [2.75, 3.05) is 59.9 Å². The molecule has 0 aromatic heterocycles. The van der Waals surface area contributed by atoms with E-state index in [-0.39, 0.29) is 5.75 Å². The third-order valence-electron chi connectivity index (χ3n) is 3.01. The van der Waals surface area contributed by atoms with Crippen LogP contribution in [0, 0.1) is 0 Å². The van der Waals surface area contributed by atoms with Gasteiger partial charge in [-0.25, -0.2) is 8.42 Å². The molecule has 110 valence electrons. The third-order valence-corrected chi connectivity index (χ3v) is 3.80. The summed E-state index contributed by atoms with van der Waals surface area (Å²) in [4.78, 5) is 0. The third kappa shape index (κ3) is 9.78. The zero-order valence-corrected chi connectivity index (χ0v) is 12.4. The number of ether oxygens (including phenoxy) is 2. The lowest BCUT2D eigenvalue weighted by molar-refractivity contribution is -0.910. The number of hydrogen-bond donors (Lipinski definition) is 0. The van der Waals surface area contributed by atoms with Crippen molar-refractivity contribution in [1.29, 1.82) is 0 Å². The van der Waals surface area contributed by atoms with Crippen LogP contribution in [0.4, 0.5) is 0 Å². The van der Waals surface area contributed by atoms with Crippen molar-refractivity contribution in [3.63, 3.8) is 0 Å². The van der Waals surface area contributed by atoms with E-state index < -0.39 is 10.1 Å². The molecule has 0 unspecified atom stereocenters. The number of unbranched alkanes of at least 4 members (excludes halogenated alkanes) is 1. The van der Waals surface area contributed by atoms with Crippen molar-refractivity contribution in [2.45, 2.75) is 12.8 Å². The largest absolute Gasteiger partial charge is 0.748 e. The highest BCUT2D eigenvalue weighted by molar-refractivity contribution is 7.85. The van der Waals surface area contributed by atoms with E-state index in [2.05, 4.69) is 7.05 Å². The average molecular weight is 283 g/mol. The van der Waals surface area contributed by atoms with Crippen LogP contribution in [-0.4, -0.2) is 77.3 Å². The number of quaternary nitrogens is 1. The highest BCUT2D eigenvalue weighted by Gasteiger charge is 2.20. The van der Waals surface area contributed by atoms with E-state index in [1.165, 1.54) is 0 Å². The van der Waals surface area contributed by atoms with Gasteiger partial charge in [0.1, 0.15) is 13.1 Å². The molecular formula is C11H25NO5S. The number of hydrogen-bond acceptors (Lipinski definition) is 5. The lowest BCUT2D eigenvalue weighted by Crippen LogP contribution is -2.49. The molecule has 0 spiro atoms. The molecule has 0 fully saturated rings. The van der Waals surface area contributed by atoms with Crippen molar-refractivity contribution < 1.29 is 26.9 Å². The number of rotatable bonds is 11. The summed E-state index contributed by atoms with van der Waals surface area (Å²) in [6.07, 6.45) is 1.13. The Labute approximate surface area is 110 Å². The topological polar surface area (TPSA) is 75.7 Å². The summed E-state index contributed by atoms with van der Waals surface area (Å²) in [5.74, 6) is -0.276. The molecule has 0 aliphatic heterocycles. The molecule has 0 radical (unpaired) electrons. The molecule has 0 aromatic carbocycles. The van der Waals surface area contributed by atoms with E-state index in [9.17, 15) is 13.0 Å². The Balaban J connectivity index is 4.06. The van der Waals surface area contributed by atoms with Crippen LogP contribution < -0.4 is 0 Å². The first-order chi connectivity index (χ1) is 8.33. The van der Waals surface area contributed by atoms with E-state index in [1.807, 2.05) is 0 Å². The summed E-state index contributed by atoms with van der Waals surface area (Å²) in [5.41, 5.74) is 0. The smallest absolute Gasteiger partial charge is 0.102 e. The monoisotopic (exact) mass is 283 g/mol. The molecule has 0 bridgehead atoms. The van der Waals surface area contributed by atoms with Gasteiger partial charge >= 0.3 is 0 Å². The van der Waals surface area contributed by atoms with Crippen LogP contribution in [0.1, 0.15) is 12.8 Å². The van der Waals surface area contributed by atoms with Crippen molar-refractivity contribution in [2.24, 2.45) is 0 Å². The molecule has 0 aliphatic carbocycles. The lowest BCUT2D eigenvalue weighted by Gasteiger charge is -2.34. The van der Waals surface area contributed by atoms with Gasteiger partial charge in [0, 0.05) is 20.0 Å². The van der Waals surface area contributed by atoms with Gasteiger partial charge in [-0.05, 0) is 12.8 Å². The molecule has 0 rings (SSSR count). The fourth-order valence-electron chi connectivity index (χ4n) is 1.73. The predicted octanol–water partition coefficient (Wildman–Crippen LogP) is 0.0512. The molecule has 0 aliphatic rings. The molecule has 7 heteroatoms. The minimum atomic E-state index is -4.08. The minimum absolute atomic E-state index is 0.276. The van der Waals surface area contributed by atoms with E-state index in [4.69, 9.17) is 9.47 Å². The number of likely N-dealkylation sites (N-methyl/N-ethyl adjacent to an activating group) is 1. The second kappa shape index (κ2) is 8.82. The zero-order valence-electron chi connectivity index (χ0n) is 11.6. The summed E-state index contributed by atoms with van der Waals surface area (Å²) >= 11 is 0. The van der Waals surface area contributed by atoms with E-state index in [1.54, 1.807) is 14.2 Å². The number of nitrogens with zero attached hydrogens (tertiary/aromatic N) is 1. The van der Waals surface area contributed by atoms with Crippen molar-refractivity contribution in [3.05, 3.63) is 0 Å². The first kappa shape index (κ1) is 17.8. The highest BCUT2D eigenvalue weighted by atomic mass is 32.2. The Hall–Kier alpha value is -0.210. The molecule has 0 saturated heterocycles. The fraction of sp³-hybridized carbons (Fsp3) is 1.00. The van der Waals surface area contributed by atoms with E-state index in [0.29, 0.717) is 26.1 Å². The first-order valence-corrected chi connectivity index (χ1v) is 7.66. The van der Waals surface area contributed by atoms with Gasteiger partial charge in [-0.15, -0.1) is 0 Å². The van der Waals surface area contributed by atoms with Crippen LogP contribution in [0.3, 0.4) is 0 Å². The Morgan fingerprint density at radius 3 is 1.89 bits per heavy atom. The first-order valence-electron chi connectivity index (χ1n) is 6.08. The Kier molecular flexibility index (Phi) is 8.71. The minimum Gasteiger partial charge on any atom is -0.748 e. The van der Waals surface area contributed by atoms with Gasteiger partial charge in [0.05, 0.1) is 36.9 Å². The molecule has 6 nitrogen and oxygen atoms in total. The molecule has 0 aromatic rings. The molecular weight excluding hydrogens is 258 g/mol. The van der Waals surface area contributed by atoms with Crippen LogP contribution in [0.5, 0.6) is 0 Å². The molecule has 0 saturated carbocycles. The summed E-state index contributed by atoms with van der Waals surface area (Å²) in [6.45, 7) is 3.83. The maximum Gasteiger partial charge on any atom is 0.102 e. The zero-order chi connectivity index (χ0) is 14.1. The van der Waals surface area contributed by atoms with Gasteiger partial charge in [0.15, 0.2) is 0 Å². The maximum absolute atomic E-state index is 10.5. The maximum atomic E-state index is 10.5. The summed E-state index contributed by atoms with van der Waals surface area (Å²) in [7, 11) is 1.32. The quantitative estimate of drug-likeness (QED) is 0.304. The van der Waals surface area contributed by atoms with Crippen molar-refractivity contribution in [1.82, 2.24) is 0 Å². The Morgan fingerprint density at radius 2 is 1.50 bits per heavy atom. The van der Waals surface area contributed by atoms with Gasteiger partial charge < -0.3 is 18.5 Å². The van der Waals surface area contributed by atoms with Crippen LogP contribution >= 0.6 is 0 Å². The second-order valence-corrected chi connectivity index (χ2v) is 6.27. The van der Waals surface area contributed by atoms with Gasteiger partial charge in [-0.3, -0.25) is 0 Å². The summed E-state index contributed by atoms with van der Waals surface area (Å²) in [5, 5.41) is 0.